The quantitative estimate of drug-likeness (QED) is 0.726. The molecule has 0 aliphatic carbocycles. The van der Waals surface area contributed by atoms with Gasteiger partial charge in [-0.1, -0.05) is 22.0 Å². The van der Waals surface area contributed by atoms with Crippen LogP contribution in [0.2, 0.25) is 0 Å². The van der Waals surface area contributed by atoms with Crippen molar-refractivity contribution in [2.75, 3.05) is 5.33 Å². The predicted octanol–water partition coefficient (Wildman–Crippen LogP) is 2.70. The summed E-state index contributed by atoms with van der Waals surface area (Å²) >= 11 is 3.38. The lowest BCUT2D eigenvalue weighted by atomic mass is 10.3. The summed E-state index contributed by atoms with van der Waals surface area (Å²) in [5.41, 5.74) is 1.18. The molecule has 0 fully saturated rings. The largest absolute Gasteiger partial charge is 0.266 e. The normalized spacial score (nSPS) is 11.2. The molecule has 1 rings (SSSR count). The standard InChI is InChI=1S/C9H13BrN2/c1-2-12-9(6-8-11-12)5-3-4-7-10/h3,5-6,8H,2,4,7H2,1H3. The first-order valence-corrected chi connectivity index (χ1v) is 5.25. The number of hydrogen-bond donors (Lipinski definition) is 0. The van der Waals surface area contributed by atoms with Crippen LogP contribution in [-0.2, 0) is 6.54 Å². The molecule has 0 amide bonds. The zero-order chi connectivity index (χ0) is 8.81. The first kappa shape index (κ1) is 9.52. The fourth-order valence-electron chi connectivity index (χ4n) is 1.02. The number of hydrogen-bond acceptors (Lipinski definition) is 1. The summed E-state index contributed by atoms with van der Waals surface area (Å²) in [6.07, 6.45) is 7.15. The highest BCUT2D eigenvalue weighted by molar-refractivity contribution is 9.09. The zero-order valence-electron chi connectivity index (χ0n) is 7.20. The van der Waals surface area contributed by atoms with Gasteiger partial charge in [0.15, 0.2) is 0 Å². The van der Waals surface area contributed by atoms with E-state index in [2.05, 4.69) is 40.1 Å². The smallest absolute Gasteiger partial charge is 0.0606 e. The molecule has 0 radical (unpaired) electrons. The molecule has 12 heavy (non-hydrogen) atoms. The fourth-order valence-corrected chi connectivity index (χ4v) is 1.28. The van der Waals surface area contributed by atoms with E-state index in [1.807, 2.05) is 16.9 Å². The SMILES string of the molecule is CCn1nccc1C=CCCBr. The average Bonchev–Trinajstić information content (AvgIpc) is 2.52. The molecular weight excluding hydrogens is 216 g/mol. The van der Waals surface area contributed by atoms with Crippen LogP contribution in [0, 0.1) is 0 Å². The maximum absolute atomic E-state index is 4.17. The zero-order valence-corrected chi connectivity index (χ0v) is 8.79. The Bertz CT molecular complexity index is 253. The molecule has 0 saturated carbocycles. The van der Waals surface area contributed by atoms with Crippen LogP contribution in [0.25, 0.3) is 6.08 Å². The third-order valence-electron chi connectivity index (χ3n) is 1.61. The highest BCUT2D eigenvalue weighted by atomic mass is 79.9. The molecule has 3 heteroatoms. The van der Waals surface area contributed by atoms with Crippen molar-refractivity contribution in [2.24, 2.45) is 0 Å². The third kappa shape index (κ3) is 2.48. The molecule has 0 aliphatic heterocycles. The number of nitrogens with zero attached hydrogens (tertiary/aromatic N) is 2. The Morgan fingerprint density at radius 1 is 1.67 bits per heavy atom. The van der Waals surface area contributed by atoms with Crippen molar-refractivity contribution >= 4 is 22.0 Å². The van der Waals surface area contributed by atoms with Gasteiger partial charge in [-0.15, -0.1) is 0 Å². The molecule has 0 spiro atoms. The highest BCUT2D eigenvalue weighted by Gasteiger charge is 1.93. The summed E-state index contributed by atoms with van der Waals surface area (Å²) in [4.78, 5) is 0. The van der Waals surface area contributed by atoms with Crippen LogP contribution < -0.4 is 0 Å². The van der Waals surface area contributed by atoms with E-state index in [0.29, 0.717) is 0 Å². The summed E-state index contributed by atoms with van der Waals surface area (Å²) in [5, 5.41) is 5.18. The molecule has 1 aromatic rings. The summed E-state index contributed by atoms with van der Waals surface area (Å²) in [7, 11) is 0. The molecule has 0 bridgehead atoms. The van der Waals surface area contributed by atoms with E-state index in [9.17, 15) is 0 Å². The molecular formula is C9H13BrN2. The van der Waals surface area contributed by atoms with Crippen molar-refractivity contribution in [1.29, 1.82) is 0 Å². The monoisotopic (exact) mass is 228 g/mol. The minimum Gasteiger partial charge on any atom is -0.266 e. The Kier molecular flexibility index (Phi) is 4.08. The van der Waals surface area contributed by atoms with Gasteiger partial charge in [0.1, 0.15) is 0 Å². The molecule has 66 valence electrons. The minimum absolute atomic E-state index is 0.932. The molecule has 0 atom stereocenters. The van der Waals surface area contributed by atoms with Crippen LogP contribution in [0.15, 0.2) is 18.3 Å². The van der Waals surface area contributed by atoms with Crippen molar-refractivity contribution in [3.8, 4) is 0 Å². The van der Waals surface area contributed by atoms with Gasteiger partial charge in [0.25, 0.3) is 0 Å². The molecule has 0 saturated heterocycles. The van der Waals surface area contributed by atoms with E-state index in [-0.39, 0.29) is 0 Å². The van der Waals surface area contributed by atoms with Gasteiger partial charge in [0, 0.05) is 18.1 Å². The van der Waals surface area contributed by atoms with Crippen molar-refractivity contribution in [2.45, 2.75) is 19.9 Å². The van der Waals surface area contributed by atoms with Crippen LogP contribution in [-0.4, -0.2) is 15.1 Å². The third-order valence-corrected chi connectivity index (χ3v) is 2.07. The Morgan fingerprint density at radius 3 is 3.17 bits per heavy atom. The van der Waals surface area contributed by atoms with E-state index < -0.39 is 0 Å². The van der Waals surface area contributed by atoms with E-state index >= 15 is 0 Å². The molecule has 0 N–H and O–H groups in total. The average molecular weight is 229 g/mol. The summed E-state index contributed by atoms with van der Waals surface area (Å²) < 4.78 is 1.98. The summed E-state index contributed by atoms with van der Waals surface area (Å²) in [6, 6.07) is 2.02. The Hall–Kier alpha value is -0.570. The second-order valence-corrected chi connectivity index (χ2v) is 3.24. The Morgan fingerprint density at radius 2 is 2.50 bits per heavy atom. The van der Waals surface area contributed by atoms with E-state index in [0.717, 1.165) is 18.3 Å². The second kappa shape index (κ2) is 5.14. The number of rotatable bonds is 4. The van der Waals surface area contributed by atoms with Gasteiger partial charge in [0.2, 0.25) is 0 Å². The Balaban J connectivity index is 2.61. The van der Waals surface area contributed by atoms with Crippen LogP contribution >= 0.6 is 15.9 Å². The molecule has 0 unspecified atom stereocenters. The van der Waals surface area contributed by atoms with Crippen LogP contribution in [0.3, 0.4) is 0 Å². The van der Waals surface area contributed by atoms with Gasteiger partial charge in [-0.25, -0.2) is 0 Å². The van der Waals surface area contributed by atoms with Gasteiger partial charge >= 0.3 is 0 Å². The lowest BCUT2D eigenvalue weighted by Gasteiger charge is -1.97. The molecule has 0 aliphatic rings. The topological polar surface area (TPSA) is 17.8 Å². The van der Waals surface area contributed by atoms with Gasteiger partial charge in [-0.2, -0.15) is 5.10 Å². The fraction of sp³-hybridized carbons (Fsp3) is 0.444. The van der Waals surface area contributed by atoms with Crippen molar-refractivity contribution in [3.05, 3.63) is 24.0 Å². The van der Waals surface area contributed by atoms with Crippen molar-refractivity contribution < 1.29 is 0 Å². The second-order valence-electron chi connectivity index (χ2n) is 2.45. The van der Waals surface area contributed by atoms with Crippen molar-refractivity contribution in [1.82, 2.24) is 9.78 Å². The van der Waals surface area contributed by atoms with Gasteiger partial charge in [-0.05, 0) is 25.5 Å². The van der Waals surface area contributed by atoms with Crippen LogP contribution in [0.4, 0.5) is 0 Å². The van der Waals surface area contributed by atoms with E-state index in [1.54, 1.807) is 0 Å². The highest BCUT2D eigenvalue weighted by Crippen LogP contribution is 2.02. The van der Waals surface area contributed by atoms with Gasteiger partial charge < -0.3 is 0 Å². The number of halogens is 1. The first-order chi connectivity index (χ1) is 5.88. The summed E-state index contributed by atoms with van der Waals surface area (Å²) in [6.45, 7) is 3.02. The lowest BCUT2D eigenvalue weighted by molar-refractivity contribution is 0.654. The van der Waals surface area contributed by atoms with Gasteiger partial charge in [0.05, 0.1) is 5.69 Å². The first-order valence-electron chi connectivity index (χ1n) is 4.12. The van der Waals surface area contributed by atoms with E-state index in [4.69, 9.17) is 0 Å². The maximum atomic E-state index is 4.17. The number of aryl methyl sites for hydroxylation is 1. The van der Waals surface area contributed by atoms with Gasteiger partial charge in [-0.3, -0.25) is 4.68 Å². The van der Waals surface area contributed by atoms with Crippen LogP contribution in [0.5, 0.6) is 0 Å². The minimum atomic E-state index is 0.932. The number of alkyl halides is 1. The molecule has 2 nitrogen and oxygen atoms in total. The van der Waals surface area contributed by atoms with Crippen molar-refractivity contribution in [3.63, 3.8) is 0 Å². The van der Waals surface area contributed by atoms with Crippen LogP contribution in [0.1, 0.15) is 19.0 Å². The number of allylic oxidation sites excluding steroid dienone is 1. The van der Waals surface area contributed by atoms with E-state index in [1.165, 1.54) is 5.69 Å². The maximum Gasteiger partial charge on any atom is 0.0606 e. The Labute approximate surface area is 81.4 Å². The molecule has 1 aromatic heterocycles. The molecule has 0 aromatic carbocycles. The lowest BCUT2D eigenvalue weighted by Crippen LogP contribution is -1.97. The molecule has 1 heterocycles. The number of aromatic nitrogens is 2. The summed E-state index contributed by atoms with van der Waals surface area (Å²) in [5.74, 6) is 0. The predicted molar refractivity (Wildman–Crippen MR) is 55.3 cm³/mol.